The van der Waals surface area contributed by atoms with Gasteiger partial charge >= 0.3 is 0 Å². The molecular formula is C31H27NO3. The number of β-lactam (4-membered cyclic amide) rings is 1. The van der Waals surface area contributed by atoms with Crippen LogP contribution in [0.4, 0.5) is 5.69 Å². The molecule has 2 atom stereocenters. The third kappa shape index (κ3) is 4.87. The zero-order valence-electron chi connectivity index (χ0n) is 19.4. The summed E-state index contributed by atoms with van der Waals surface area (Å²) < 4.78 is 0. The molecule has 1 aliphatic heterocycles. The van der Waals surface area contributed by atoms with E-state index in [0.29, 0.717) is 17.7 Å². The highest BCUT2D eigenvalue weighted by Gasteiger charge is 2.43. The van der Waals surface area contributed by atoms with Crippen molar-refractivity contribution in [1.82, 2.24) is 0 Å². The fourth-order valence-corrected chi connectivity index (χ4v) is 4.82. The lowest BCUT2D eigenvalue weighted by molar-refractivity contribution is -0.128. The van der Waals surface area contributed by atoms with Crippen LogP contribution in [0, 0.1) is 5.92 Å². The molecule has 5 rings (SSSR count). The molecule has 4 aromatic carbocycles. The summed E-state index contributed by atoms with van der Waals surface area (Å²) in [4.78, 5) is 27.9. The zero-order valence-corrected chi connectivity index (χ0v) is 19.4. The summed E-state index contributed by atoms with van der Waals surface area (Å²) in [5.74, 6) is 0.207. The van der Waals surface area contributed by atoms with E-state index in [-0.39, 0.29) is 29.3 Å². The lowest BCUT2D eigenvalue weighted by atomic mass is 9.76. The smallest absolute Gasteiger partial charge is 0.232 e. The van der Waals surface area contributed by atoms with Gasteiger partial charge in [0.2, 0.25) is 5.91 Å². The number of aromatic hydroxyl groups is 1. The van der Waals surface area contributed by atoms with Gasteiger partial charge in [-0.25, -0.2) is 0 Å². The van der Waals surface area contributed by atoms with Crippen molar-refractivity contribution in [3.63, 3.8) is 0 Å². The first-order valence-corrected chi connectivity index (χ1v) is 11.9. The Labute approximate surface area is 205 Å². The topological polar surface area (TPSA) is 57.6 Å². The van der Waals surface area contributed by atoms with Crippen LogP contribution in [0.15, 0.2) is 109 Å². The number of benzene rings is 4. The number of hydrogen-bond acceptors (Lipinski definition) is 3. The number of rotatable bonds is 8. The number of nitrogens with zero attached hydrogens (tertiary/aromatic N) is 1. The summed E-state index contributed by atoms with van der Waals surface area (Å²) >= 11 is 0. The molecule has 0 radical (unpaired) electrons. The molecule has 4 heteroatoms. The minimum atomic E-state index is -0.122. The van der Waals surface area contributed by atoms with Gasteiger partial charge in [0.25, 0.3) is 0 Å². The summed E-state index contributed by atoms with van der Waals surface area (Å²) in [7, 11) is 0. The first-order chi connectivity index (χ1) is 17.1. The molecule has 0 bridgehead atoms. The molecule has 4 nitrogen and oxygen atoms in total. The van der Waals surface area contributed by atoms with Crippen LogP contribution in [-0.4, -0.2) is 23.3 Å². The van der Waals surface area contributed by atoms with Crippen LogP contribution in [0.1, 0.15) is 39.4 Å². The normalized spacial score (nSPS) is 15.9. The Morgan fingerprint density at radius 2 is 1.40 bits per heavy atom. The second-order valence-corrected chi connectivity index (χ2v) is 9.02. The van der Waals surface area contributed by atoms with Crippen molar-refractivity contribution in [2.45, 2.75) is 18.8 Å². The van der Waals surface area contributed by atoms with E-state index < -0.39 is 0 Å². The minimum Gasteiger partial charge on any atom is -0.508 e. The van der Waals surface area contributed by atoms with Crippen molar-refractivity contribution in [2.75, 3.05) is 11.4 Å². The molecular weight excluding hydrogens is 434 g/mol. The number of phenols is 1. The third-order valence-electron chi connectivity index (χ3n) is 6.83. The largest absolute Gasteiger partial charge is 0.508 e. The highest BCUT2D eigenvalue weighted by Crippen LogP contribution is 2.39. The van der Waals surface area contributed by atoms with Gasteiger partial charge in [-0.05, 0) is 54.2 Å². The third-order valence-corrected chi connectivity index (χ3v) is 6.83. The number of ketones is 1. The molecule has 1 fully saturated rings. The Morgan fingerprint density at radius 1 is 0.800 bits per heavy atom. The van der Waals surface area contributed by atoms with Crippen LogP contribution >= 0.6 is 0 Å². The summed E-state index contributed by atoms with van der Waals surface area (Å²) in [6.45, 7) is 0.633. The van der Waals surface area contributed by atoms with Gasteiger partial charge in [0, 0.05) is 23.4 Å². The number of phenolic OH excluding ortho intramolecular Hbond substituents is 1. The second kappa shape index (κ2) is 9.98. The van der Waals surface area contributed by atoms with Crippen LogP contribution in [0.3, 0.4) is 0 Å². The van der Waals surface area contributed by atoms with E-state index in [1.54, 1.807) is 29.2 Å². The molecule has 0 aromatic heterocycles. The van der Waals surface area contributed by atoms with Gasteiger partial charge in [0.05, 0.1) is 5.92 Å². The molecule has 0 spiro atoms. The van der Waals surface area contributed by atoms with Crippen molar-refractivity contribution in [3.05, 3.63) is 131 Å². The van der Waals surface area contributed by atoms with Crippen LogP contribution in [0.5, 0.6) is 5.75 Å². The number of aryl methyl sites for hydroxylation is 1. The summed E-state index contributed by atoms with van der Waals surface area (Å²) in [6, 6.07) is 34.1. The maximum absolute atomic E-state index is 13.2. The molecule has 2 unspecified atom stereocenters. The zero-order chi connectivity index (χ0) is 24.2. The van der Waals surface area contributed by atoms with Gasteiger partial charge in [-0.1, -0.05) is 84.9 Å². The van der Waals surface area contributed by atoms with E-state index >= 15 is 0 Å². The van der Waals surface area contributed by atoms with Crippen molar-refractivity contribution in [3.8, 4) is 5.75 Å². The van der Waals surface area contributed by atoms with Crippen LogP contribution < -0.4 is 4.90 Å². The number of carbonyl (C=O) groups is 2. The molecule has 0 aliphatic carbocycles. The summed E-state index contributed by atoms with van der Waals surface area (Å²) in [6.07, 6.45) is 1.72. The average molecular weight is 462 g/mol. The second-order valence-electron chi connectivity index (χ2n) is 9.02. The molecule has 0 saturated carbocycles. The van der Waals surface area contributed by atoms with Crippen molar-refractivity contribution in [1.29, 1.82) is 0 Å². The van der Waals surface area contributed by atoms with Crippen LogP contribution in [-0.2, 0) is 11.2 Å². The predicted molar refractivity (Wildman–Crippen MR) is 138 cm³/mol. The maximum atomic E-state index is 13.2. The Morgan fingerprint density at radius 3 is 2.03 bits per heavy atom. The molecule has 1 saturated heterocycles. The first kappa shape index (κ1) is 22.6. The Kier molecular flexibility index (Phi) is 6.44. The van der Waals surface area contributed by atoms with Crippen molar-refractivity contribution >= 4 is 17.4 Å². The maximum Gasteiger partial charge on any atom is 0.232 e. The standard InChI is InChI=1S/C31H27NO3/c33-27-18-16-26(17-19-27)32-21-29(31(32)35)28(20-11-22-7-3-1-4-8-22)23-12-14-25(15-13-23)30(34)24-9-5-2-6-10-24/h1-10,12-19,28-29,33H,11,20-21H2. The summed E-state index contributed by atoms with van der Waals surface area (Å²) in [5.41, 5.74) is 4.44. The molecule has 1 heterocycles. The van der Waals surface area contributed by atoms with E-state index in [1.807, 2.05) is 72.8 Å². The van der Waals surface area contributed by atoms with E-state index in [0.717, 1.165) is 24.1 Å². The van der Waals surface area contributed by atoms with E-state index in [9.17, 15) is 14.7 Å². The minimum absolute atomic E-state index is 0.00351. The van der Waals surface area contributed by atoms with Crippen molar-refractivity contribution < 1.29 is 14.7 Å². The van der Waals surface area contributed by atoms with Gasteiger partial charge in [0.15, 0.2) is 5.78 Å². The van der Waals surface area contributed by atoms with Gasteiger partial charge in [0.1, 0.15) is 5.75 Å². The fraction of sp³-hybridized carbons (Fsp3) is 0.161. The molecule has 174 valence electrons. The Balaban J connectivity index is 1.37. The molecule has 4 aromatic rings. The molecule has 1 aliphatic rings. The highest BCUT2D eigenvalue weighted by molar-refractivity contribution is 6.09. The highest BCUT2D eigenvalue weighted by atomic mass is 16.3. The Hall–Kier alpha value is -4.18. The SMILES string of the molecule is O=C(c1ccccc1)c1ccc(C(CCc2ccccc2)C2CN(c3ccc(O)cc3)C2=O)cc1. The molecule has 35 heavy (non-hydrogen) atoms. The number of hydrogen-bond donors (Lipinski definition) is 1. The monoisotopic (exact) mass is 461 g/mol. The van der Waals surface area contributed by atoms with E-state index in [4.69, 9.17) is 0 Å². The fourth-order valence-electron chi connectivity index (χ4n) is 4.82. The van der Waals surface area contributed by atoms with E-state index in [2.05, 4.69) is 12.1 Å². The molecule has 1 amide bonds. The number of amides is 1. The number of anilines is 1. The van der Waals surface area contributed by atoms with Gasteiger partial charge in [-0.3, -0.25) is 9.59 Å². The average Bonchev–Trinajstić information content (AvgIpc) is 2.91. The van der Waals surface area contributed by atoms with E-state index in [1.165, 1.54) is 5.56 Å². The Bertz CT molecular complexity index is 1300. The van der Waals surface area contributed by atoms with Gasteiger partial charge in [-0.15, -0.1) is 0 Å². The summed E-state index contributed by atoms with van der Waals surface area (Å²) in [5, 5.41) is 9.57. The van der Waals surface area contributed by atoms with Crippen LogP contribution in [0.25, 0.3) is 0 Å². The number of carbonyl (C=O) groups excluding carboxylic acids is 2. The lowest BCUT2D eigenvalue weighted by Crippen LogP contribution is -2.55. The van der Waals surface area contributed by atoms with Crippen molar-refractivity contribution in [2.24, 2.45) is 5.92 Å². The first-order valence-electron chi connectivity index (χ1n) is 11.9. The quantitative estimate of drug-likeness (QED) is 0.259. The predicted octanol–water partition coefficient (Wildman–Crippen LogP) is 6.00. The van der Waals surface area contributed by atoms with Gasteiger partial charge in [-0.2, -0.15) is 0 Å². The molecule has 1 N–H and O–H groups in total. The van der Waals surface area contributed by atoms with Gasteiger partial charge < -0.3 is 10.0 Å². The van der Waals surface area contributed by atoms with Crippen LogP contribution in [0.2, 0.25) is 0 Å². The lowest BCUT2D eigenvalue weighted by Gasteiger charge is -2.43.